The first-order valence-electron chi connectivity index (χ1n) is 6.28. The van der Waals surface area contributed by atoms with Crippen molar-refractivity contribution in [2.24, 2.45) is 0 Å². The van der Waals surface area contributed by atoms with Crippen molar-refractivity contribution >= 4 is 5.91 Å². The molecule has 3 rings (SSSR count). The lowest BCUT2D eigenvalue weighted by atomic mass is 10.1. The van der Waals surface area contributed by atoms with Crippen molar-refractivity contribution in [3.8, 4) is 11.6 Å². The molecule has 102 valence electrons. The number of nitrogens with zero attached hydrogens (tertiary/aromatic N) is 2. The number of amides is 1. The lowest BCUT2D eigenvalue weighted by Crippen LogP contribution is -2.39. The molecule has 1 fully saturated rings. The quantitative estimate of drug-likeness (QED) is 0.914. The summed E-state index contributed by atoms with van der Waals surface area (Å²) in [6.45, 7) is 1.05. The fourth-order valence-corrected chi connectivity index (χ4v) is 1.97. The van der Waals surface area contributed by atoms with Gasteiger partial charge in [0.2, 0.25) is 5.88 Å². The third kappa shape index (κ3) is 2.75. The summed E-state index contributed by atoms with van der Waals surface area (Å²) in [7, 11) is 0. The number of benzene rings is 1. The minimum absolute atomic E-state index is 0.132. The molecule has 1 aromatic carbocycles. The molecule has 1 saturated heterocycles. The Morgan fingerprint density at radius 3 is 3.05 bits per heavy atom. The van der Waals surface area contributed by atoms with E-state index in [0.29, 0.717) is 24.8 Å². The molecule has 1 amide bonds. The molecule has 1 unspecified atom stereocenters. The average molecular weight is 271 g/mol. The maximum Gasteiger partial charge on any atom is 0.253 e. The molecular formula is C14H13N3O3. The standard InChI is InChI=1S/C14H13N3O3/c18-14-13(19-8-7-15-14)10-3-1-4-11(9-10)20-12-5-2-6-16-17-12/h1-6,9,13H,7-8H2,(H,15,18). The monoisotopic (exact) mass is 271 g/mol. The van der Waals surface area contributed by atoms with Crippen LogP contribution < -0.4 is 10.1 Å². The van der Waals surface area contributed by atoms with Gasteiger partial charge in [0.05, 0.1) is 6.61 Å². The molecule has 2 aromatic rings. The number of hydrogen-bond acceptors (Lipinski definition) is 5. The van der Waals surface area contributed by atoms with Crippen LogP contribution in [0.4, 0.5) is 0 Å². The summed E-state index contributed by atoms with van der Waals surface area (Å²) in [5, 5.41) is 10.4. The van der Waals surface area contributed by atoms with Crippen LogP contribution in [-0.4, -0.2) is 29.3 Å². The highest BCUT2D eigenvalue weighted by atomic mass is 16.5. The normalized spacial score (nSPS) is 18.4. The number of aromatic nitrogens is 2. The van der Waals surface area contributed by atoms with Crippen LogP contribution >= 0.6 is 0 Å². The topological polar surface area (TPSA) is 73.3 Å². The molecule has 0 bridgehead atoms. The van der Waals surface area contributed by atoms with Gasteiger partial charge in [0.15, 0.2) is 6.10 Å². The molecule has 6 nitrogen and oxygen atoms in total. The second-order valence-electron chi connectivity index (χ2n) is 4.28. The van der Waals surface area contributed by atoms with Gasteiger partial charge in [0.1, 0.15) is 5.75 Å². The zero-order valence-electron chi connectivity index (χ0n) is 10.7. The van der Waals surface area contributed by atoms with Gasteiger partial charge in [-0.3, -0.25) is 4.79 Å². The molecule has 0 saturated carbocycles. The van der Waals surface area contributed by atoms with E-state index in [0.717, 1.165) is 5.56 Å². The van der Waals surface area contributed by atoms with E-state index in [2.05, 4.69) is 15.5 Å². The van der Waals surface area contributed by atoms with Crippen molar-refractivity contribution in [3.05, 3.63) is 48.2 Å². The first-order valence-corrected chi connectivity index (χ1v) is 6.28. The lowest BCUT2D eigenvalue weighted by Gasteiger charge is -2.23. The summed E-state index contributed by atoms with van der Waals surface area (Å²) in [4.78, 5) is 11.8. The van der Waals surface area contributed by atoms with Gasteiger partial charge in [0.25, 0.3) is 5.91 Å². The minimum atomic E-state index is -0.589. The van der Waals surface area contributed by atoms with Gasteiger partial charge >= 0.3 is 0 Å². The average Bonchev–Trinajstić information content (AvgIpc) is 2.49. The van der Waals surface area contributed by atoms with E-state index >= 15 is 0 Å². The van der Waals surface area contributed by atoms with Crippen LogP contribution in [0.2, 0.25) is 0 Å². The zero-order chi connectivity index (χ0) is 13.8. The van der Waals surface area contributed by atoms with Crippen molar-refractivity contribution < 1.29 is 14.3 Å². The van der Waals surface area contributed by atoms with Crippen molar-refractivity contribution in [3.63, 3.8) is 0 Å². The zero-order valence-corrected chi connectivity index (χ0v) is 10.7. The van der Waals surface area contributed by atoms with Gasteiger partial charge in [0, 0.05) is 18.8 Å². The van der Waals surface area contributed by atoms with E-state index in [1.807, 2.05) is 12.1 Å². The van der Waals surface area contributed by atoms with Gasteiger partial charge in [-0.1, -0.05) is 12.1 Å². The number of carbonyl (C=O) groups excluding carboxylic acids is 1. The van der Waals surface area contributed by atoms with Crippen LogP contribution in [0.1, 0.15) is 11.7 Å². The van der Waals surface area contributed by atoms with E-state index < -0.39 is 6.10 Å². The maximum atomic E-state index is 11.8. The summed E-state index contributed by atoms with van der Waals surface area (Å²) in [6, 6.07) is 10.7. The predicted molar refractivity (Wildman–Crippen MR) is 70.3 cm³/mol. The van der Waals surface area contributed by atoms with Crippen molar-refractivity contribution in [1.29, 1.82) is 0 Å². The molecule has 1 N–H and O–H groups in total. The molecule has 1 atom stereocenters. The third-order valence-electron chi connectivity index (χ3n) is 2.86. The first-order chi connectivity index (χ1) is 9.83. The first kappa shape index (κ1) is 12.6. The Bertz CT molecular complexity index is 604. The van der Waals surface area contributed by atoms with Crippen molar-refractivity contribution in [2.45, 2.75) is 6.10 Å². The number of carbonyl (C=O) groups is 1. The fraction of sp³-hybridized carbons (Fsp3) is 0.214. The van der Waals surface area contributed by atoms with Gasteiger partial charge < -0.3 is 14.8 Å². The van der Waals surface area contributed by atoms with Crippen LogP contribution in [-0.2, 0) is 9.53 Å². The summed E-state index contributed by atoms with van der Waals surface area (Å²) < 4.78 is 11.1. The summed E-state index contributed by atoms with van der Waals surface area (Å²) >= 11 is 0. The summed E-state index contributed by atoms with van der Waals surface area (Å²) in [5.74, 6) is 0.858. The fourth-order valence-electron chi connectivity index (χ4n) is 1.97. The molecule has 0 radical (unpaired) electrons. The number of rotatable bonds is 3. The minimum Gasteiger partial charge on any atom is -0.438 e. The van der Waals surface area contributed by atoms with E-state index in [1.54, 1.807) is 30.5 Å². The smallest absolute Gasteiger partial charge is 0.253 e. The highest BCUT2D eigenvalue weighted by Gasteiger charge is 2.24. The number of ether oxygens (including phenoxy) is 2. The van der Waals surface area contributed by atoms with Gasteiger partial charge in [-0.25, -0.2) is 0 Å². The van der Waals surface area contributed by atoms with Crippen molar-refractivity contribution in [2.75, 3.05) is 13.2 Å². The number of hydrogen-bond donors (Lipinski definition) is 1. The van der Waals surface area contributed by atoms with Crippen LogP contribution in [0, 0.1) is 0 Å². The predicted octanol–water partition coefficient (Wildman–Crippen LogP) is 1.46. The van der Waals surface area contributed by atoms with E-state index in [9.17, 15) is 4.79 Å². The van der Waals surface area contributed by atoms with E-state index in [1.165, 1.54) is 0 Å². The molecule has 0 spiro atoms. The maximum absolute atomic E-state index is 11.8. The second-order valence-corrected chi connectivity index (χ2v) is 4.28. The molecule has 6 heteroatoms. The van der Waals surface area contributed by atoms with Gasteiger partial charge in [-0.2, -0.15) is 5.10 Å². The van der Waals surface area contributed by atoms with Crippen LogP contribution in [0.5, 0.6) is 11.6 Å². The Kier molecular flexibility index (Phi) is 3.56. The Labute approximate surface area is 115 Å². The molecule has 2 heterocycles. The van der Waals surface area contributed by atoms with E-state index in [-0.39, 0.29) is 5.91 Å². The van der Waals surface area contributed by atoms with Crippen LogP contribution in [0.3, 0.4) is 0 Å². The van der Waals surface area contributed by atoms with Crippen molar-refractivity contribution in [1.82, 2.24) is 15.5 Å². The largest absolute Gasteiger partial charge is 0.438 e. The molecule has 1 aliphatic rings. The van der Waals surface area contributed by atoms with E-state index in [4.69, 9.17) is 9.47 Å². The van der Waals surface area contributed by atoms with Crippen LogP contribution in [0.15, 0.2) is 42.6 Å². The lowest BCUT2D eigenvalue weighted by molar-refractivity contribution is -0.138. The Hall–Kier alpha value is -2.47. The highest BCUT2D eigenvalue weighted by molar-refractivity contribution is 5.82. The second kappa shape index (κ2) is 5.66. The third-order valence-corrected chi connectivity index (χ3v) is 2.86. The Balaban J connectivity index is 1.80. The summed E-state index contributed by atoms with van der Waals surface area (Å²) in [5.41, 5.74) is 0.753. The number of nitrogens with one attached hydrogen (secondary N) is 1. The molecule has 0 aliphatic carbocycles. The Morgan fingerprint density at radius 2 is 2.25 bits per heavy atom. The Morgan fingerprint density at radius 1 is 1.30 bits per heavy atom. The molecule has 20 heavy (non-hydrogen) atoms. The van der Waals surface area contributed by atoms with Gasteiger partial charge in [-0.05, 0) is 23.8 Å². The molecule has 1 aliphatic heterocycles. The SMILES string of the molecule is O=C1NCCOC1c1cccc(Oc2cccnn2)c1. The molecular weight excluding hydrogens is 258 g/mol. The van der Waals surface area contributed by atoms with Gasteiger partial charge in [-0.15, -0.1) is 5.10 Å². The highest BCUT2D eigenvalue weighted by Crippen LogP contribution is 2.26. The molecule has 1 aromatic heterocycles. The van der Waals surface area contributed by atoms with Crippen LogP contribution in [0.25, 0.3) is 0 Å². The number of morpholine rings is 1. The summed E-state index contributed by atoms with van der Waals surface area (Å²) in [6.07, 6.45) is 0.984.